The van der Waals surface area contributed by atoms with E-state index in [2.05, 4.69) is 5.32 Å². The predicted octanol–water partition coefficient (Wildman–Crippen LogP) is 6.53. The zero-order valence-corrected chi connectivity index (χ0v) is 21.3. The van der Waals surface area contributed by atoms with Crippen molar-refractivity contribution < 1.29 is 27.4 Å². The SMILES string of the molecule is CCNC(=O)C1(c2ccccc2)CC1C(CCc1ccc(C(F)(F)F)cc1)c1ccc(OC)c(OC)c1. The van der Waals surface area contributed by atoms with Crippen LogP contribution in [0.5, 0.6) is 11.5 Å². The van der Waals surface area contributed by atoms with Gasteiger partial charge in [-0.25, -0.2) is 0 Å². The van der Waals surface area contributed by atoms with Gasteiger partial charge < -0.3 is 14.8 Å². The Morgan fingerprint density at radius 1 is 1.00 bits per heavy atom. The molecular weight excluding hydrogens is 479 g/mol. The van der Waals surface area contributed by atoms with Crippen molar-refractivity contribution in [3.8, 4) is 11.5 Å². The first-order valence-electron chi connectivity index (χ1n) is 12.5. The number of rotatable bonds is 10. The monoisotopic (exact) mass is 511 g/mol. The quantitative estimate of drug-likeness (QED) is 0.337. The zero-order valence-electron chi connectivity index (χ0n) is 21.3. The number of carbonyl (C=O) groups excluding carboxylic acids is 1. The number of carbonyl (C=O) groups is 1. The standard InChI is InChI=1S/C30H32F3NO3/c1-4-34-28(35)29(22-8-6-5-7-9-22)19-25(29)24(21-13-17-26(36-2)27(18-21)37-3)16-12-20-10-14-23(15-11-20)30(31,32)33/h5-11,13-15,17-18,24-25H,4,12,16,19H2,1-3H3,(H,34,35). The van der Waals surface area contributed by atoms with Gasteiger partial charge in [-0.2, -0.15) is 13.2 Å². The number of methoxy groups -OCH3 is 2. The van der Waals surface area contributed by atoms with E-state index in [9.17, 15) is 18.0 Å². The zero-order chi connectivity index (χ0) is 26.6. The van der Waals surface area contributed by atoms with Gasteiger partial charge in [0.15, 0.2) is 11.5 Å². The smallest absolute Gasteiger partial charge is 0.416 e. The van der Waals surface area contributed by atoms with Gasteiger partial charge in [-0.3, -0.25) is 4.79 Å². The second-order valence-electron chi connectivity index (χ2n) is 9.46. The fourth-order valence-corrected chi connectivity index (χ4v) is 5.42. The lowest BCUT2D eigenvalue weighted by molar-refractivity contribution is -0.137. The molecule has 1 aliphatic carbocycles. The molecule has 0 heterocycles. The highest BCUT2D eigenvalue weighted by Gasteiger charge is 2.63. The van der Waals surface area contributed by atoms with E-state index in [-0.39, 0.29) is 17.7 Å². The molecule has 0 radical (unpaired) electrons. The minimum atomic E-state index is -4.36. The summed E-state index contributed by atoms with van der Waals surface area (Å²) in [6, 6.07) is 20.9. The first-order chi connectivity index (χ1) is 17.7. The van der Waals surface area contributed by atoms with Crippen LogP contribution in [0.3, 0.4) is 0 Å². The minimum absolute atomic E-state index is 0.00575. The van der Waals surface area contributed by atoms with Crippen LogP contribution in [0.25, 0.3) is 0 Å². The van der Waals surface area contributed by atoms with Gasteiger partial charge in [0.25, 0.3) is 0 Å². The molecule has 0 spiro atoms. The number of aryl methyl sites for hydroxylation is 1. The fourth-order valence-electron chi connectivity index (χ4n) is 5.42. The first-order valence-corrected chi connectivity index (χ1v) is 12.5. The maximum Gasteiger partial charge on any atom is 0.416 e. The molecule has 7 heteroatoms. The number of likely N-dealkylation sites (N-methyl/N-ethyl adjacent to an activating group) is 1. The number of nitrogens with one attached hydrogen (secondary N) is 1. The summed E-state index contributed by atoms with van der Waals surface area (Å²) in [6.45, 7) is 2.44. The Morgan fingerprint density at radius 3 is 2.27 bits per heavy atom. The van der Waals surface area contributed by atoms with Crippen LogP contribution in [0.2, 0.25) is 0 Å². The number of ether oxygens (including phenoxy) is 2. The average Bonchev–Trinajstić information content (AvgIpc) is 3.66. The molecule has 1 fully saturated rings. The van der Waals surface area contributed by atoms with E-state index < -0.39 is 17.2 Å². The van der Waals surface area contributed by atoms with E-state index in [1.165, 1.54) is 12.1 Å². The van der Waals surface area contributed by atoms with Gasteiger partial charge in [0.2, 0.25) is 5.91 Å². The number of alkyl halides is 3. The van der Waals surface area contributed by atoms with Crippen molar-refractivity contribution in [2.75, 3.05) is 20.8 Å². The molecule has 3 unspecified atom stereocenters. The minimum Gasteiger partial charge on any atom is -0.493 e. The first kappa shape index (κ1) is 26.6. The molecule has 3 atom stereocenters. The van der Waals surface area contributed by atoms with Gasteiger partial charge in [-0.1, -0.05) is 48.5 Å². The summed E-state index contributed by atoms with van der Waals surface area (Å²) in [5.74, 6) is 1.22. The maximum absolute atomic E-state index is 13.4. The number of hydrogen-bond acceptors (Lipinski definition) is 3. The Hall–Kier alpha value is -3.48. The lowest BCUT2D eigenvalue weighted by atomic mass is 9.81. The van der Waals surface area contributed by atoms with Crippen molar-refractivity contribution in [1.82, 2.24) is 5.32 Å². The summed E-state index contributed by atoms with van der Waals surface area (Å²) in [6.07, 6.45) is -2.43. The molecule has 0 aliphatic heterocycles. The Morgan fingerprint density at radius 2 is 1.68 bits per heavy atom. The van der Waals surface area contributed by atoms with Crippen molar-refractivity contribution in [3.05, 3.63) is 95.1 Å². The Bertz CT molecular complexity index is 1210. The lowest BCUT2D eigenvalue weighted by Crippen LogP contribution is -2.36. The Balaban J connectivity index is 1.69. The summed E-state index contributed by atoms with van der Waals surface area (Å²) in [7, 11) is 3.16. The van der Waals surface area contributed by atoms with Gasteiger partial charge in [0, 0.05) is 6.54 Å². The highest BCUT2D eigenvalue weighted by Crippen LogP contribution is 2.62. The number of benzene rings is 3. The molecule has 4 rings (SSSR count). The summed E-state index contributed by atoms with van der Waals surface area (Å²) in [5, 5.41) is 3.03. The third-order valence-corrected chi connectivity index (χ3v) is 7.39. The molecule has 37 heavy (non-hydrogen) atoms. The number of amides is 1. The van der Waals surface area contributed by atoms with Crippen molar-refractivity contribution >= 4 is 5.91 Å². The molecule has 0 saturated heterocycles. The lowest BCUT2D eigenvalue weighted by Gasteiger charge is -2.24. The van der Waals surface area contributed by atoms with Crippen LogP contribution in [-0.4, -0.2) is 26.7 Å². The van der Waals surface area contributed by atoms with Crippen LogP contribution in [0.4, 0.5) is 13.2 Å². The average molecular weight is 512 g/mol. The third-order valence-electron chi connectivity index (χ3n) is 7.39. The number of hydrogen-bond donors (Lipinski definition) is 1. The molecule has 1 amide bonds. The van der Waals surface area contributed by atoms with Crippen LogP contribution >= 0.6 is 0 Å². The van der Waals surface area contributed by atoms with E-state index in [4.69, 9.17) is 9.47 Å². The van der Waals surface area contributed by atoms with Crippen molar-refractivity contribution in [1.29, 1.82) is 0 Å². The molecule has 4 nitrogen and oxygen atoms in total. The normalized spacial score (nSPS) is 19.7. The molecule has 0 bridgehead atoms. The van der Waals surface area contributed by atoms with Crippen LogP contribution in [-0.2, 0) is 22.8 Å². The molecule has 0 aromatic heterocycles. The van der Waals surface area contributed by atoms with E-state index in [1.807, 2.05) is 55.5 Å². The summed E-state index contributed by atoms with van der Waals surface area (Å²) < 4.78 is 50.0. The van der Waals surface area contributed by atoms with Gasteiger partial charge in [-0.15, -0.1) is 0 Å². The van der Waals surface area contributed by atoms with Crippen molar-refractivity contribution in [3.63, 3.8) is 0 Å². The highest BCUT2D eigenvalue weighted by atomic mass is 19.4. The highest BCUT2D eigenvalue weighted by molar-refractivity contribution is 5.92. The Labute approximate surface area is 215 Å². The second kappa shape index (κ2) is 10.9. The molecule has 1 aliphatic rings. The van der Waals surface area contributed by atoms with E-state index >= 15 is 0 Å². The largest absolute Gasteiger partial charge is 0.493 e. The molecule has 1 saturated carbocycles. The van der Waals surface area contributed by atoms with E-state index in [1.54, 1.807) is 14.2 Å². The maximum atomic E-state index is 13.4. The van der Waals surface area contributed by atoms with Crippen LogP contribution in [0.1, 0.15) is 47.9 Å². The summed E-state index contributed by atoms with van der Waals surface area (Å²) >= 11 is 0. The Kier molecular flexibility index (Phi) is 7.81. The van der Waals surface area contributed by atoms with Crippen molar-refractivity contribution in [2.24, 2.45) is 5.92 Å². The van der Waals surface area contributed by atoms with Gasteiger partial charge in [-0.05, 0) is 79.0 Å². The third kappa shape index (κ3) is 5.45. The van der Waals surface area contributed by atoms with Gasteiger partial charge in [0.1, 0.15) is 0 Å². The van der Waals surface area contributed by atoms with Crippen molar-refractivity contribution in [2.45, 2.75) is 43.7 Å². The number of halogens is 3. The van der Waals surface area contributed by atoms with Crippen LogP contribution < -0.4 is 14.8 Å². The predicted molar refractivity (Wildman–Crippen MR) is 137 cm³/mol. The summed E-state index contributed by atoms with van der Waals surface area (Å²) in [4.78, 5) is 13.4. The van der Waals surface area contributed by atoms with E-state index in [0.717, 1.165) is 28.8 Å². The van der Waals surface area contributed by atoms with Gasteiger partial charge in [0.05, 0.1) is 25.2 Å². The van der Waals surface area contributed by atoms with Gasteiger partial charge >= 0.3 is 6.18 Å². The molecular formula is C30H32F3NO3. The fraction of sp³-hybridized carbons (Fsp3) is 0.367. The summed E-state index contributed by atoms with van der Waals surface area (Å²) in [5.41, 5.74) is 1.49. The molecule has 196 valence electrons. The second-order valence-corrected chi connectivity index (χ2v) is 9.46. The molecule has 1 N–H and O–H groups in total. The van der Waals surface area contributed by atoms with E-state index in [0.29, 0.717) is 37.3 Å². The van der Waals surface area contributed by atoms with Crippen LogP contribution in [0.15, 0.2) is 72.8 Å². The topological polar surface area (TPSA) is 47.6 Å². The molecule has 3 aromatic carbocycles. The molecule has 3 aromatic rings. The van der Waals surface area contributed by atoms with Crippen LogP contribution in [0, 0.1) is 5.92 Å².